The molecule has 0 radical (unpaired) electrons. The maximum Gasteiger partial charge on any atom is 0.393 e. The van der Waals surface area contributed by atoms with Crippen molar-refractivity contribution >= 4 is 5.97 Å². The molecule has 0 heterocycles. The first-order valence-electron chi connectivity index (χ1n) is 11.9. The van der Waals surface area contributed by atoms with E-state index in [0.717, 1.165) is 49.9 Å². The van der Waals surface area contributed by atoms with E-state index in [0.29, 0.717) is 18.4 Å². The Morgan fingerprint density at radius 1 is 1.10 bits per heavy atom. The van der Waals surface area contributed by atoms with E-state index in [4.69, 9.17) is 11.3 Å². The van der Waals surface area contributed by atoms with E-state index in [9.17, 15) is 9.90 Å². The fourth-order valence-electron chi connectivity index (χ4n) is 8.55. The van der Waals surface area contributed by atoms with Crippen molar-refractivity contribution in [1.82, 2.24) is 0 Å². The SMILES string of the molecule is [C-]#[N+]C(C)(C(=O)OCC)[C@H]1CC[C@H]2[C@@H]3CC[C@@H]4C[C@](C)(O)CC[C@@H]4[C@H]3CC[C@]12C. The summed E-state index contributed by atoms with van der Waals surface area (Å²) in [7, 11) is 0. The molecule has 0 aromatic heterocycles. The minimum absolute atomic E-state index is 0.0697. The molecule has 0 amide bonds. The zero-order chi connectivity index (χ0) is 21.0. The van der Waals surface area contributed by atoms with E-state index in [1.807, 2.05) is 20.8 Å². The van der Waals surface area contributed by atoms with Crippen LogP contribution in [0.25, 0.3) is 4.85 Å². The maximum atomic E-state index is 12.8. The predicted molar refractivity (Wildman–Crippen MR) is 113 cm³/mol. The van der Waals surface area contributed by atoms with Crippen molar-refractivity contribution in [2.45, 2.75) is 96.6 Å². The number of hydrogen-bond acceptors (Lipinski definition) is 3. The summed E-state index contributed by atoms with van der Waals surface area (Å²) in [6, 6.07) is 0. The second-order valence-corrected chi connectivity index (χ2v) is 11.3. The number of fused-ring (bicyclic) bond motifs is 5. The fraction of sp³-hybridized carbons (Fsp3) is 0.920. The second kappa shape index (κ2) is 7.26. The minimum Gasteiger partial charge on any atom is -0.460 e. The van der Waals surface area contributed by atoms with Crippen molar-refractivity contribution in [3.63, 3.8) is 0 Å². The molecule has 0 spiro atoms. The third-order valence-corrected chi connectivity index (χ3v) is 9.84. The summed E-state index contributed by atoms with van der Waals surface area (Å²) in [4.78, 5) is 16.7. The summed E-state index contributed by atoms with van der Waals surface area (Å²) in [6.45, 7) is 16.3. The van der Waals surface area contributed by atoms with Crippen LogP contribution < -0.4 is 0 Å². The van der Waals surface area contributed by atoms with E-state index < -0.39 is 11.1 Å². The molecule has 1 N–H and O–H groups in total. The second-order valence-electron chi connectivity index (χ2n) is 11.3. The van der Waals surface area contributed by atoms with Gasteiger partial charge in [-0.25, -0.2) is 11.4 Å². The summed E-state index contributed by atoms with van der Waals surface area (Å²) in [5, 5.41) is 10.6. The van der Waals surface area contributed by atoms with Crippen molar-refractivity contribution in [1.29, 1.82) is 0 Å². The Morgan fingerprint density at radius 2 is 1.83 bits per heavy atom. The van der Waals surface area contributed by atoms with Crippen molar-refractivity contribution in [2.24, 2.45) is 40.9 Å². The lowest BCUT2D eigenvalue weighted by molar-refractivity contribution is -0.153. The van der Waals surface area contributed by atoms with Crippen LogP contribution in [0.3, 0.4) is 0 Å². The topological polar surface area (TPSA) is 50.9 Å². The van der Waals surface area contributed by atoms with Crippen molar-refractivity contribution in [2.75, 3.05) is 6.61 Å². The highest BCUT2D eigenvalue weighted by Gasteiger charge is 2.65. The van der Waals surface area contributed by atoms with Crippen LogP contribution >= 0.6 is 0 Å². The molecule has 0 bridgehead atoms. The van der Waals surface area contributed by atoms with Gasteiger partial charge in [0.05, 0.1) is 18.1 Å². The van der Waals surface area contributed by atoms with Gasteiger partial charge in [-0.2, -0.15) is 0 Å². The van der Waals surface area contributed by atoms with Gasteiger partial charge >= 0.3 is 11.5 Å². The number of nitrogens with zero attached hydrogens (tertiary/aromatic N) is 1. The van der Waals surface area contributed by atoms with Gasteiger partial charge in [-0.3, -0.25) is 4.85 Å². The van der Waals surface area contributed by atoms with Gasteiger partial charge in [0, 0.05) is 6.92 Å². The van der Waals surface area contributed by atoms with Gasteiger partial charge in [0.25, 0.3) is 0 Å². The van der Waals surface area contributed by atoms with E-state index in [-0.39, 0.29) is 17.3 Å². The Hall–Kier alpha value is -1.08. The average Bonchev–Trinajstić information content (AvgIpc) is 3.04. The van der Waals surface area contributed by atoms with Gasteiger partial charge in [0.2, 0.25) is 0 Å². The minimum atomic E-state index is -1.05. The molecule has 0 aliphatic heterocycles. The largest absolute Gasteiger partial charge is 0.460 e. The summed E-state index contributed by atoms with van der Waals surface area (Å²) in [5.74, 6) is 3.39. The first-order valence-corrected chi connectivity index (χ1v) is 11.9. The van der Waals surface area contributed by atoms with E-state index in [2.05, 4.69) is 11.8 Å². The zero-order valence-electron chi connectivity index (χ0n) is 18.7. The van der Waals surface area contributed by atoms with Gasteiger partial charge in [0.1, 0.15) is 0 Å². The summed E-state index contributed by atoms with van der Waals surface area (Å²) < 4.78 is 5.36. The standard InChI is InChI=1S/C25H39NO3/c1-6-29-22(27)25(4,26-5)21-10-9-20-19-8-7-16-15-23(2,28)13-11-17(16)18(19)12-14-24(20,21)3/h16-21,28H,6-15H2,1-4H3/t16-,17+,18-,19-,20+,21+,23-,24+,25?/m1/s1. The number of carbonyl (C=O) groups is 1. The Balaban J connectivity index is 1.56. The van der Waals surface area contributed by atoms with Crippen LogP contribution in [0.1, 0.15) is 85.5 Å². The molecule has 4 aliphatic carbocycles. The molecule has 0 aromatic rings. The number of ether oxygens (including phenoxy) is 1. The normalized spacial score (nSPS) is 48.4. The smallest absolute Gasteiger partial charge is 0.393 e. The van der Waals surface area contributed by atoms with Crippen molar-refractivity contribution < 1.29 is 14.6 Å². The number of rotatable bonds is 3. The third kappa shape index (κ3) is 3.23. The van der Waals surface area contributed by atoms with Crippen LogP contribution in [-0.2, 0) is 9.53 Å². The molecule has 4 fully saturated rings. The monoisotopic (exact) mass is 401 g/mol. The number of carbonyl (C=O) groups excluding carboxylic acids is 1. The Morgan fingerprint density at radius 3 is 2.52 bits per heavy atom. The highest BCUT2D eigenvalue weighted by atomic mass is 16.5. The fourth-order valence-corrected chi connectivity index (χ4v) is 8.55. The number of esters is 1. The molecule has 4 rings (SSSR count). The molecule has 162 valence electrons. The van der Waals surface area contributed by atoms with Crippen LogP contribution in [0, 0.1) is 47.5 Å². The predicted octanol–water partition coefficient (Wildman–Crippen LogP) is 5.25. The lowest BCUT2D eigenvalue weighted by Gasteiger charge is -2.57. The van der Waals surface area contributed by atoms with Gasteiger partial charge in [0.15, 0.2) is 0 Å². The average molecular weight is 402 g/mol. The number of hydrogen-bond donors (Lipinski definition) is 1. The van der Waals surface area contributed by atoms with Crippen LogP contribution in [0.4, 0.5) is 0 Å². The van der Waals surface area contributed by atoms with Crippen LogP contribution in [0.5, 0.6) is 0 Å². The molecular weight excluding hydrogens is 362 g/mol. The molecule has 4 heteroatoms. The van der Waals surface area contributed by atoms with Crippen molar-refractivity contribution in [3.8, 4) is 0 Å². The zero-order valence-corrected chi connectivity index (χ0v) is 18.7. The van der Waals surface area contributed by atoms with Gasteiger partial charge < -0.3 is 9.84 Å². The molecule has 0 aromatic carbocycles. The maximum absolute atomic E-state index is 12.8. The van der Waals surface area contributed by atoms with E-state index >= 15 is 0 Å². The molecule has 0 saturated heterocycles. The van der Waals surface area contributed by atoms with Crippen LogP contribution in [-0.4, -0.2) is 28.8 Å². The van der Waals surface area contributed by atoms with Gasteiger partial charge in [-0.15, -0.1) is 0 Å². The Kier molecular flexibility index (Phi) is 5.30. The molecule has 4 nitrogen and oxygen atoms in total. The summed E-state index contributed by atoms with van der Waals surface area (Å²) in [5.41, 5.74) is -1.44. The van der Waals surface area contributed by atoms with E-state index in [1.54, 1.807) is 0 Å². The molecule has 9 atom stereocenters. The third-order valence-electron chi connectivity index (χ3n) is 9.84. The highest BCUT2D eigenvalue weighted by molar-refractivity contribution is 5.83. The van der Waals surface area contributed by atoms with E-state index in [1.165, 1.54) is 25.7 Å². The Bertz CT molecular complexity index is 697. The van der Waals surface area contributed by atoms with Crippen molar-refractivity contribution in [3.05, 3.63) is 11.4 Å². The quantitative estimate of drug-likeness (QED) is 0.519. The first-order chi connectivity index (χ1) is 13.7. The highest BCUT2D eigenvalue weighted by Crippen LogP contribution is 2.66. The molecule has 4 aliphatic rings. The summed E-state index contributed by atoms with van der Waals surface area (Å²) >= 11 is 0. The first kappa shape index (κ1) is 21.2. The lowest BCUT2D eigenvalue weighted by Crippen LogP contribution is -2.54. The molecule has 29 heavy (non-hydrogen) atoms. The molecule has 1 unspecified atom stereocenters. The van der Waals surface area contributed by atoms with Gasteiger partial charge in [-0.05, 0) is 107 Å². The molecule has 4 saturated carbocycles. The summed E-state index contributed by atoms with van der Waals surface area (Å²) in [6.07, 6.45) is 10.1. The van der Waals surface area contributed by atoms with Gasteiger partial charge in [-0.1, -0.05) is 6.92 Å². The Labute approximate surface area is 176 Å². The van der Waals surface area contributed by atoms with Crippen LogP contribution in [0.2, 0.25) is 0 Å². The number of aliphatic hydroxyl groups is 1. The lowest BCUT2D eigenvalue weighted by atomic mass is 9.48. The van der Waals surface area contributed by atoms with Crippen LogP contribution in [0.15, 0.2) is 0 Å². The molecular formula is C25H39NO3.